The standard InChI is InChI=1S/C24H24N2O6/c1-4-11-26-16(2)22(24(29)30-3)20(23(26)28)13-17-7-9-18(10-8-17)32-15-21(27)25-14-19-6-5-12-31-19/h4-10,12-13H,1,11,14-15H2,2-3H3,(H,25,27)/b20-13-. The maximum atomic E-state index is 12.8. The molecule has 2 aromatic rings. The van der Waals surface area contributed by atoms with Gasteiger partial charge in [-0.25, -0.2) is 4.79 Å². The molecule has 0 radical (unpaired) electrons. The number of amides is 2. The van der Waals surface area contributed by atoms with Gasteiger partial charge in [0.1, 0.15) is 11.5 Å². The van der Waals surface area contributed by atoms with Gasteiger partial charge in [0.25, 0.3) is 11.8 Å². The number of hydrogen-bond donors (Lipinski definition) is 1. The summed E-state index contributed by atoms with van der Waals surface area (Å²) in [6.45, 7) is 5.78. The molecule has 2 heterocycles. The minimum absolute atomic E-state index is 0.148. The van der Waals surface area contributed by atoms with E-state index in [0.717, 1.165) is 0 Å². The lowest BCUT2D eigenvalue weighted by Gasteiger charge is -2.14. The third-order valence-electron chi connectivity index (χ3n) is 4.81. The Bertz CT molecular complexity index is 1060. The molecule has 0 bridgehead atoms. The summed E-state index contributed by atoms with van der Waals surface area (Å²) in [5, 5.41) is 2.69. The third-order valence-corrected chi connectivity index (χ3v) is 4.81. The van der Waals surface area contributed by atoms with Gasteiger partial charge in [-0.3, -0.25) is 9.59 Å². The fraction of sp³-hybridized carbons (Fsp3) is 0.208. The molecule has 2 amide bonds. The monoisotopic (exact) mass is 436 g/mol. The van der Waals surface area contributed by atoms with Gasteiger partial charge in [0.15, 0.2) is 6.61 Å². The first-order chi connectivity index (χ1) is 15.4. The molecule has 1 aromatic carbocycles. The van der Waals surface area contributed by atoms with Gasteiger partial charge < -0.3 is 24.1 Å². The first-order valence-corrected chi connectivity index (χ1v) is 9.90. The summed E-state index contributed by atoms with van der Waals surface area (Å²) in [4.78, 5) is 38.5. The van der Waals surface area contributed by atoms with Gasteiger partial charge in [0, 0.05) is 12.2 Å². The van der Waals surface area contributed by atoms with Crippen molar-refractivity contribution >= 4 is 23.9 Å². The lowest BCUT2D eigenvalue weighted by atomic mass is 10.0. The number of ether oxygens (including phenoxy) is 2. The van der Waals surface area contributed by atoms with Crippen LogP contribution in [0.5, 0.6) is 5.75 Å². The molecule has 0 unspecified atom stereocenters. The van der Waals surface area contributed by atoms with Crippen molar-refractivity contribution < 1.29 is 28.3 Å². The zero-order chi connectivity index (χ0) is 23.1. The molecule has 0 spiro atoms. The maximum Gasteiger partial charge on any atom is 0.340 e. The van der Waals surface area contributed by atoms with E-state index in [0.29, 0.717) is 22.8 Å². The Morgan fingerprint density at radius 1 is 1.22 bits per heavy atom. The van der Waals surface area contributed by atoms with Gasteiger partial charge in [-0.1, -0.05) is 18.2 Å². The number of hydrogen-bond acceptors (Lipinski definition) is 6. The number of nitrogens with one attached hydrogen (secondary N) is 1. The van der Waals surface area contributed by atoms with E-state index >= 15 is 0 Å². The summed E-state index contributed by atoms with van der Waals surface area (Å²) in [6.07, 6.45) is 4.76. The number of benzene rings is 1. The Balaban J connectivity index is 1.67. The average Bonchev–Trinajstić information content (AvgIpc) is 3.40. The molecule has 1 aliphatic heterocycles. The molecule has 0 fully saturated rings. The maximum absolute atomic E-state index is 12.8. The second kappa shape index (κ2) is 10.3. The summed E-state index contributed by atoms with van der Waals surface area (Å²) < 4.78 is 15.5. The summed E-state index contributed by atoms with van der Waals surface area (Å²) >= 11 is 0. The number of allylic oxidation sites excluding steroid dienone is 1. The highest BCUT2D eigenvalue weighted by molar-refractivity contribution is 6.16. The second-order valence-electron chi connectivity index (χ2n) is 6.93. The predicted molar refractivity (Wildman–Crippen MR) is 117 cm³/mol. The summed E-state index contributed by atoms with van der Waals surface area (Å²) in [5.74, 6) is -0.00830. The Labute approximate surface area is 185 Å². The van der Waals surface area contributed by atoms with Crippen LogP contribution in [-0.4, -0.2) is 42.9 Å². The van der Waals surface area contributed by atoms with Crippen LogP contribution in [0.25, 0.3) is 6.08 Å². The summed E-state index contributed by atoms with van der Waals surface area (Å²) in [5.41, 5.74) is 1.70. The van der Waals surface area contributed by atoms with Crippen molar-refractivity contribution in [1.29, 1.82) is 0 Å². The Kier molecular flexibility index (Phi) is 7.28. The minimum Gasteiger partial charge on any atom is -0.484 e. The van der Waals surface area contributed by atoms with Crippen molar-refractivity contribution in [3.05, 3.63) is 83.5 Å². The Hall–Kier alpha value is -4.07. The van der Waals surface area contributed by atoms with E-state index < -0.39 is 5.97 Å². The lowest BCUT2D eigenvalue weighted by Crippen LogP contribution is -2.28. The van der Waals surface area contributed by atoms with Crippen LogP contribution in [0.15, 0.2) is 76.6 Å². The molecule has 1 N–H and O–H groups in total. The minimum atomic E-state index is -0.575. The molecule has 3 rings (SSSR count). The van der Waals surface area contributed by atoms with E-state index in [1.54, 1.807) is 55.5 Å². The zero-order valence-corrected chi connectivity index (χ0v) is 17.9. The molecule has 0 atom stereocenters. The van der Waals surface area contributed by atoms with Crippen molar-refractivity contribution in [1.82, 2.24) is 10.2 Å². The van der Waals surface area contributed by atoms with Crippen molar-refractivity contribution in [2.45, 2.75) is 13.5 Å². The SMILES string of the molecule is C=CCN1C(=O)/C(=C\c2ccc(OCC(=O)NCc3ccco3)cc2)C(C(=O)OC)=C1C. The van der Waals surface area contributed by atoms with Gasteiger partial charge in [0.05, 0.1) is 31.1 Å². The highest BCUT2D eigenvalue weighted by atomic mass is 16.5. The zero-order valence-electron chi connectivity index (χ0n) is 17.9. The van der Waals surface area contributed by atoms with Crippen LogP contribution in [0.4, 0.5) is 0 Å². The van der Waals surface area contributed by atoms with Crippen LogP contribution in [0, 0.1) is 0 Å². The van der Waals surface area contributed by atoms with Crippen LogP contribution in [0.3, 0.4) is 0 Å². The molecule has 0 aliphatic carbocycles. The third kappa shape index (κ3) is 5.15. The van der Waals surface area contributed by atoms with Gasteiger partial charge >= 0.3 is 5.97 Å². The Morgan fingerprint density at radius 3 is 2.59 bits per heavy atom. The molecule has 8 heteroatoms. The second-order valence-corrected chi connectivity index (χ2v) is 6.93. The molecule has 0 saturated heterocycles. The molecule has 0 saturated carbocycles. The largest absolute Gasteiger partial charge is 0.484 e. The number of furan rings is 1. The smallest absolute Gasteiger partial charge is 0.340 e. The van der Waals surface area contributed by atoms with E-state index in [1.165, 1.54) is 18.3 Å². The number of carbonyl (C=O) groups excluding carboxylic acids is 3. The molecule has 1 aliphatic rings. The molecule has 32 heavy (non-hydrogen) atoms. The van der Waals surface area contributed by atoms with Crippen molar-refractivity contribution in [2.75, 3.05) is 20.3 Å². The van der Waals surface area contributed by atoms with Crippen molar-refractivity contribution in [2.24, 2.45) is 0 Å². The Morgan fingerprint density at radius 2 is 1.97 bits per heavy atom. The average molecular weight is 436 g/mol. The summed E-state index contributed by atoms with van der Waals surface area (Å²) in [6, 6.07) is 10.3. The first-order valence-electron chi connectivity index (χ1n) is 9.90. The van der Waals surface area contributed by atoms with Gasteiger partial charge in [-0.15, -0.1) is 6.58 Å². The molecule has 1 aromatic heterocycles. The number of nitrogens with zero attached hydrogens (tertiary/aromatic N) is 1. The topological polar surface area (TPSA) is 98.1 Å². The number of rotatable bonds is 9. The quantitative estimate of drug-likeness (QED) is 0.369. The molecule has 8 nitrogen and oxygen atoms in total. The highest BCUT2D eigenvalue weighted by Crippen LogP contribution is 2.31. The van der Waals surface area contributed by atoms with E-state index in [2.05, 4.69) is 11.9 Å². The number of carbonyl (C=O) groups is 3. The molecule has 166 valence electrons. The lowest BCUT2D eigenvalue weighted by molar-refractivity contribution is -0.136. The highest BCUT2D eigenvalue weighted by Gasteiger charge is 2.36. The number of methoxy groups -OCH3 is 1. The van der Waals surface area contributed by atoms with Crippen LogP contribution in [0.2, 0.25) is 0 Å². The van der Waals surface area contributed by atoms with E-state index in [4.69, 9.17) is 13.9 Å². The van der Waals surface area contributed by atoms with E-state index in [9.17, 15) is 14.4 Å². The van der Waals surface area contributed by atoms with Gasteiger partial charge in [0.2, 0.25) is 0 Å². The van der Waals surface area contributed by atoms with Crippen LogP contribution >= 0.6 is 0 Å². The first kappa shape index (κ1) is 22.6. The van der Waals surface area contributed by atoms with E-state index in [-0.39, 0.29) is 42.7 Å². The van der Waals surface area contributed by atoms with Crippen molar-refractivity contribution in [3.8, 4) is 5.75 Å². The number of esters is 1. The van der Waals surface area contributed by atoms with Crippen molar-refractivity contribution in [3.63, 3.8) is 0 Å². The van der Waals surface area contributed by atoms with Crippen LogP contribution < -0.4 is 10.1 Å². The fourth-order valence-corrected chi connectivity index (χ4v) is 3.20. The molecular formula is C24H24N2O6. The normalized spacial score (nSPS) is 14.6. The van der Waals surface area contributed by atoms with Crippen LogP contribution in [0.1, 0.15) is 18.2 Å². The van der Waals surface area contributed by atoms with Crippen LogP contribution in [-0.2, 0) is 25.7 Å². The fourth-order valence-electron chi connectivity index (χ4n) is 3.20. The summed E-state index contributed by atoms with van der Waals surface area (Å²) in [7, 11) is 1.28. The molecular weight excluding hydrogens is 412 g/mol. The van der Waals surface area contributed by atoms with Gasteiger partial charge in [-0.05, 0) is 42.8 Å². The van der Waals surface area contributed by atoms with E-state index in [1.807, 2.05) is 0 Å². The predicted octanol–water partition coefficient (Wildman–Crippen LogP) is 2.83. The van der Waals surface area contributed by atoms with Gasteiger partial charge in [-0.2, -0.15) is 0 Å².